The largest absolute Gasteiger partial charge is 0.468 e. The van der Waals surface area contributed by atoms with Gasteiger partial charge in [-0.2, -0.15) is 5.10 Å². The van der Waals surface area contributed by atoms with E-state index in [1.807, 2.05) is 0 Å². The number of halogens is 2. The van der Waals surface area contributed by atoms with E-state index in [9.17, 15) is 13.6 Å². The number of carbonyl (C=O) groups excluding carboxylic acids is 1. The molecule has 0 unspecified atom stereocenters. The van der Waals surface area contributed by atoms with Crippen molar-refractivity contribution in [1.29, 1.82) is 0 Å². The monoisotopic (exact) mass is 233 g/mol. The topological polar surface area (TPSA) is 56.1 Å². The minimum atomic E-state index is -2.45. The summed E-state index contributed by atoms with van der Waals surface area (Å²) in [5.41, 5.74) is 1.11. The van der Waals surface area contributed by atoms with Crippen LogP contribution < -0.4 is 5.32 Å². The van der Waals surface area contributed by atoms with Crippen molar-refractivity contribution < 1.29 is 18.3 Å². The second kappa shape index (κ2) is 5.43. The van der Waals surface area contributed by atoms with Crippen molar-refractivity contribution in [1.82, 2.24) is 9.78 Å². The van der Waals surface area contributed by atoms with E-state index in [0.717, 1.165) is 4.68 Å². The number of anilines is 1. The Kier molecular flexibility index (Phi) is 4.21. The van der Waals surface area contributed by atoms with Crippen LogP contribution >= 0.6 is 0 Å². The van der Waals surface area contributed by atoms with Gasteiger partial charge in [0.25, 0.3) is 6.43 Å². The fourth-order valence-electron chi connectivity index (χ4n) is 1.17. The SMILES string of the molecule is COC(=O)CNc1cn(CC(F)F)nc1C. The maximum Gasteiger partial charge on any atom is 0.325 e. The molecule has 0 amide bonds. The fraction of sp³-hybridized carbons (Fsp3) is 0.556. The third kappa shape index (κ3) is 3.48. The molecule has 0 aliphatic rings. The predicted octanol–water partition coefficient (Wildman–Crippen LogP) is 1.04. The molecule has 1 heterocycles. The summed E-state index contributed by atoms with van der Waals surface area (Å²) in [5, 5.41) is 6.63. The zero-order chi connectivity index (χ0) is 12.1. The molecule has 1 aromatic heterocycles. The van der Waals surface area contributed by atoms with E-state index >= 15 is 0 Å². The quantitative estimate of drug-likeness (QED) is 0.772. The second-order valence-electron chi connectivity index (χ2n) is 3.17. The van der Waals surface area contributed by atoms with Gasteiger partial charge in [-0.15, -0.1) is 0 Å². The van der Waals surface area contributed by atoms with Crippen molar-refractivity contribution in [3.8, 4) is 0 Å². The summed E-state index contributed by atoms with van der Waals surface area (Å²) in [6.45, 7) is 1.19. The average Bonchev–Trinajstić information content (AvgIpc) is 2.54. The lowest BCUT2D eigenvalue weighted by Crippen LogP contribution is -2.15. The van der Waals surface area contributed by atoms with Crippen LogP contribution in [-0.2, 0) is 16.1 Å². The van der Waals surface area contributed by atoms with Gasteiger partial charge in [-0.25, -0.2) is 8.78 Å². The van der Waals surface area contributed by atoms with Crippen LogP contribution in [0.3, 0.4) is 0 Å². The number of nitrogens with zero attached hydrogens (tertiary/aromatic N) is 2. The number of aromatic nitrogens is 2. The van der Waals surface area contributed by atoms with Gasteiger partial charge in [0, 0.05) is 6.20 Å². The summed E-state index contributed by atoms with van der Waals surface area (Å²) in [7, 11) is 1.27. The van der Waals surface area contributed by atoms with E-state index in [2.05, 4.69) is 15.2 Å². The molecule has 1 aromatic rings. The summed E-state index contributed by atoms with van der Waals surface area (Å²) < 4.78 is 29.7. The summed E-state index contributed by atoms with van der Waals surface area (Å²) in [6.07, 6.45) is -1.02. The maximum atomic E-state index is 12.1. The molecule has 0 saturated heterocycles. The first-order valence-corrected chi connectivity index (χ1v) is 4.65. The zero-order valence-electron chi connectivity index (χ0n) is 9.04. The smallest absolute Gasteiger partial charge is 0.325 e. The van der Waals surface area contributed by atoms with E-state index in [0.29, 0.717) is 11.4 Å². The van der Waals surface area contributed by atoms with Gasteiger partial charge >= 0.3 is 5.97 Å². The predicted molar refractivity (Wildman–Crippen MR) is 53.5 cm³/mol. The standard InChI is InChI=1S/C9H13F2N3O2/c1-6-7(12-3-9(15)16-2)4-14(13-6)5-8(10)11/h4,8,12H,3,5H2,1-2H3. The van der Waals surface area contributed by atoms with Crippen LogP contribution in [-0.4, -0.2) is 35.8 Å². The molecular weight excluding hydrogens is 220 g/mol. The van der Waals surface area contributed by atoms with E-state index in [-0.39, 0.29) is 6.54 Å². The molecule has 0 spiro atoms. The molecule has 0 aromatic carbocycles. The molecule has 90 valence electrons. The Morgan fingerprint density at radius 2 is 2.38 bits per heavy atom. The third-order valence-corrected chi connectivity index (χ3v) is 1.92. The molecule has 16 heavy (non-hydrogen) atoms. The molecule has 0 fully saturated rings. The number of methoxy groups -OCH3 is 1. The Hall–Kier alpha value is -1.66. The molecule has 7 heteroatoms. The molecule has 0 radical (unpaired) electrons. The summed E-state index contributed by atoms with van der Waals surface area (Å²) in [4.78, 5) is 10.8. The first kappa shape index (κ1) is 12.4. The van der Waals surface area contributed by atoms with Crippen LogP contribution in [0.2, 0.25) is 0 Å². The Labute approximate surface area is 91.4 Å². The molecule has 1 rings (SSSR count). The van der Waals surface area contributed by atoms with Crippen LogP contribution in [0.25, 0.3) is 0 Å². The summed E-state index contributed by atoms with van der Waals surface area (Å²) in [6, 6.07) is 0. The van der Waals surface area contributed by atoms with E-state index < -0.39 is 18.9 Å². The Balaban J connectivity index is 2.59. The number of alkyl halides is 2. The number of aryl methyl sites for hydroxylation is 1. The summed E-state index contributed by atoms with van der Waals surface area (Å²) in [5.74, 6) is -0.430. The molecule has 1 N–H and O–H groups in total. The Bertz CT molecular complexity index is 366. The lowest BCUT2D eigenvalue weighted by molar-refractivity contribution is -0.138. The first-order valence-electron chi connectivity index (χ1n) is 4.65. The number of rotatable bonds is 5. The minimum absolute atomic E-state index is 0.0162. The lowest BCUT2D eigenvalue weighted by Gasteiger charge is -2.02. The van der Waals surface area contributed by atoms with Crippen molar-refractivity contribution in [2.24, 2.45) is 0 Å². The van der Waals surface area contributed by atoms with Crippen LogP contribution in [0.5, 0.6) is 0 Å². The van der Waals surface area contributed by atoms with Crippen LogP contribution in [0.1, 0.15) is 5.69 Å². The number of esters is 1. The molecule has 0 saturated carbocycles. The van der Waals surface area contributed by atoms with E-state index in [4.69, 9.17) is 0 Å². The van der Waals surface area contributed by atoms with Crippen molar-refractivity contribution >= 4 is 11.7 Å². The van der Waals surface area contributed by atoms with Gasteiger partial charge in [-0.1, -0.05) is 0 Å². The van der Waals surface area contributed by atoms with E-state index in [1.165, 1.54) is 13.3 Å². The Morgan fingerprint density at radius 3 is 2.94 bits per heavy atom. The van der Waals surface area contributed by atoms with Gasteiger partial charge in [0.05, 0.1) is 18.5 Å². The average molecular weight is 233 g/mol. The number of hydrogen-bond acceptors (Lipinski definition) is 4. The Morgan fingerprint density at radius 1 is 1.69 bits per heavy atom. The number of ether oxygens (including phenoxy) is 1. The fourth-order valence-corrected chi connectivity index (χ4v) is 1.17. The maximum absolute atomic E-state index is 12.1. The highest BCUT2D eigenvalue weighted by molar-refractivity contribution is 5.74. The van der Waals surface area contributed by atoms with Gasteiger partial charge in [-0.05, 0) is 6.92 Å². The first-order chi connectivity index (χ1) is 7.52. The van der Waals surface area contributed by atoms with Crippen molar-refractivity contribution in [2.75, 3.05) is 19.0 Å². The molecule has 0 bridgehead atoms. The number of carbonyl (C=O) groups is 1. The molecule has 0 aliphatic heterocycles. The van der Waals surface area contributed by atoms with Crippen LogP contribution in [0, 0.1) is 6.92 Å². The highest BCUT2D eigenvalue weighted by Crippen LogP contribution is 2.12. The second-order valence-corrected chi connectivity index (χ2v) is 3.17. The highest BCUT2D eigenvalue weighted by atomic mass is 19.3. The van der Waals surface area contributed by atoms with Crippen LogP contribution in [0.4, 0.5) is 14.5 Å². The number of hydrogen-bond donors (Lipinski definition) is 1. The summed E-state index contributed by atoms with van der Waals surface area (Å²) >= 11 is 0. The molecule has 5 nitrogen and oxygen atoms in total. The highest BCUT2D eigenvalue weighted by Gasteiger charge is 2.09. The van der Waals surface area contributed by atoms with Crippen molar-refractivity contribution in [3.63, 3.8) is 0 Å². The minimum Gasteiger partial charge on any atom is -0.468 e. The molecule has 0 aliphatic carbocycles. The van der Waals surface area contributed by atoms with Gasteiger partial charge in [0.1, 0.15) is 13.1 Å². The zero-order valence-corrected chi connectivity index (χ0v) is 9.04. The van der Waals surface area contributed by atoms with Crippen molar-refractivity contribution in [2.45, 2.75) is 19.9 Å². The van der Waals surface area contributed by atoms with Gasteiger partial charge in [-0.3, -0.25) is 9.48 Å². The molecule has 0 atom stereocenters. The van der Waals surface area contributed by atoms with Gasteiger partial charge in [0.2, 0.25) is 0 Å². The third-order valence-electron chi connectivity index (χ3n) is 1.92. The van der Waals surface area contributed by atoms with Crippen molar-refractivity contribution in [3.05, 3.63) is 11.9 Å². The van der Waals surface area contributed by atoms with Crippen LogP contribution in [0.15, 0.2) is 6.20 Å². The van der Waals surface area contributed by atoms with Gasteiger partial charge in [0.15, 0.2) is 0 Å². The lowest BCUT2D eigenvalue weighted by atomic mass is 10.4. The van der Waals surface area contributed by atoms with E-state index in [1.54, 1.807) is 6.92 Å². The number of nitrogens with one attached hydrogen (secondary N) is 1. The van der Waals surface area contributed by atoms with Gasteiger partial charge < -0.3 is 10.1 Å². The normalized spacial score (nSPS) is 10.6. The molecular formula is C9H13F2N3O2.